The van der Waals surface area contributed by atoms with Gasteiger partial charge in [-0.05, 0) is 42.5 Å². The summed E-state index contributed by atoms with van der Waals surface area (Å²) in [6.45, 7) is 0.233. The molecular weight excluding hydrogens is 280 g/mol. The van der Waals surface area contributed by atoms with Crippen LogP contribution in [0.15, 0.2) is 36.4 Å². The van der Waals surface area contributed by atoms with Crippen molar-refractivity contribution < 1.29 is 14.3 Å². The number of fused-ring (bicyclic) bond motifs is 5. The fourth-order valence-electron chi connectivity index (χ4n) is 4.00. The van der Waals surface area contributed by atoms with Crippen LogP contribution in [0.4, 0.5) is 5.69 Å². The predicted molar refractivity (Wildman–Crippen MR) is 81.1 cm³/mol. The minimum Gasteiger partial charge on any atom is -0.497 e. The molecule has 22 heavy (non-hydrogen) atoms. The summed E-state index contributed by atoms with van der Waals surface area (Å²) in [6, 6.07) is 7.43. The number of amides is 2. The normalized spacial score (nSPS) is 31.8. The van der Waals surface area contributed by atoms with Gasteiger partial charge in [-0.1, -0.05) is 12.2 Å². The van der Waals surface area contributed by atoms with Crippen LogP contribution in [0.25, 0.3) is 0 Å². The molecule has 1 aromatic carbocycles. The molecule has 2 aliphatic carbocycles. The highest BCUT2D eigenvalue weighted by atomic mass is 16.5. The third-order valence-electron chi connectivity index (χ3n) is 5.09. The Hall–Kier alpha value is -2.30. The molecule has 3 aliphatic rings. The van der Waals surface area contributed by atoms with E-state index < -0.39 is 0 Å². The maximum atomic E-state index is 12.5. The third kappa shape index (κ3) is 1.85. The second kappa shape index (κ2) is 4.87. The van der Waals surface area contributed by atoms with E-state index in [2.05, 4.69) is 17.5 Å². The van der Waals surface area contributed by atoms with Crippen molar-refractivity contribution in [2.45, 2.75) is 6.42 Å². The van der Waals surface area contributed by atoms with E-state index in [9.17, 15) is 9.59 Å². The second-order valence-electron chi connectivity index (χ2n) is 6.17. The number of hydrogen-bond acceptors (Lipinski definition) is 4. The zero-order valence-corrected chi connectivity index (χ0v) is 12.4. The van der Waals surface area contributed by atoms with Crippen molar-refractivity contribution in [2.24, 2.45) is 23.7 Å². The lowest BCUT2D eigenvalue weighted by Crippen LogP contribution is -2.37. The van der Waals surface area contributed by atoms with Crippen LogP contribution in [-0.4, -0.2) is 30.5 Å². The molecule has 2 amide bonds. The number of benzene rings is 1. The number of allylic oxidation sites excluding steroid dienone is 2. The van der Waals surface area contributed by atoms with Crippen LogP contribution < -0.4 is 10.1 Å². The van der Waals surface area contributed by atoms with Crippen molar-refractivity contribution in [2.75, 3.05) is 19.1 Å². The molecule has 0 unspecified atom stereocenters. The summed E-state index contributed by atoms with van der Waals surface area (Å²) >= 11 is 0. The highest BCUT2D eigenvalue weighted by molar-refractivity contribution is 6.06. The van der Waals surface area contributed by atoms with Gasteiger partial charge in [-0.15, -0.1) is 0 Å². The van der Waals surface area contributed by atoms with E-state index in [1.165, 1.54) is 4.90 Å². The van der Waals surface area contributed by atoms with Crippen LogP contribution in [0.5, 0.6) is 5.75 Å². The van der Waals surface area contributed by atoms with Gasteiger partial charge in [-0.2, -0.15) is 0 Å². The monoisotopic (exact) mass is 298 g/mol. The Morgan fingerprint density at radius 3 is 2.23 bits per heavy atom. The molecular formula is C17H18N2O3. The topological polar surface area (TPSA) is 58.6 Å². The highest BCUT2D eigenvalue weighted by Crippen LogP contribution is 2.52. The number of methoxy groups -OCH3 is 1. The van der Waals surface area contributed by atoms with E-state index in [1.54, 1.807) is 7.11 Å². The SMILES string of the molecule is COc1ccc(NCN2C(=O)[C@H]3[C@H](C2=O)[C@H]2C=C[C@@H]3C2)cc1. The van der Waals surface area contributed by atoms with Crippen molar-refractivity contribution in [1.29, 1.82) is 0 Å². The molecule has 4 rings (SSSR count). The van der Waals surface area contributed by atoms with Gasteiger partial charge in [-0.25, -0.2) is 0 Å². The molecule has 1 aromatic rings. The molecule has 0 radical (unpaired) electrons. The lowest BCUT2D eigenvalue weighted by Gasteiger charge is -2.18. The maximum absolute atomic E-state index is 12.5. The fraction of sp³-hybridized carbons (Fsp3) is 0.412. The molecule has 5 heteroatoms. The summed E-state index contributed by atoms with van der Waals surface area (Å²) in [5, 5.41) is 3.15. The summed E-state index contributed by atoms with van der Waals surface area (Å²) in [7, 11) is 1.62. The molecule has 1 saturated heterocycles. The van der Waals surface area contributed by atoms with Gasteiger partial charge < -0.3 is 10.1 Å². The second-order valence-corrected chi connectivity index (χ2v) is 6.17. The van der Waals surface area contributed by atoms with E-state index in [-0.39, 0.29) is 42.2 Å². The summed E-state index contributed by atoms with van der Waals surface area (Å²) in [4.78, 5) is 26.4. The minimum absolute atomic E-state index is 0.0205. The Balaban J connectivity index is 1.45. The van der Waals surface area contributed by atoms with Gasteiger partial charge >= 0.3 is 0 Å². The first-order chi connectivity index (χ1) is 10.7. The zero-order valence-electron chi connectivity index (χ0n) is 12.4. The summed E-state index contributed by atoms with van der Waals surface area (Å²) < 4.78 is 5.11. The number of carbonyl (C=O) groups excluding carboxylic acids is 2. The van der Waals surface area contributed by atoms with E-state index in [0.717, 1.165) is 17.9 Å². The molecule has 4 atom stereocenters. The number of imide groups is 1. The van der Waals surface area contributed by atoms with E-state index >= 15 is 0 Å². The van der Waals surface area contributed by atoms with Crippen LogP contribution in [0, 0.1) is 23.7 Å². The number of ether oxygens (including phenoxy) is 1. The predicted octanol–water partition coefficient (Wildman–Crippen LogP) is 1.87. The highest BCUT2D eigenvalue weighted by Gasteiger charge is 2.59. The van der Waals surface area contributed by atoms with E-state index in [1.807, 2.05) is 24.3 Å². The molecule has 1 saturated carbocycles. The third-order valence-corrected chi connectivity index (χ3v) is 5.09. The quantitative estimate of drug-likeness (QED) is 0.681. The minimum atomic E-state index is -0.125. The van der Waals surface area contributed by atoms with Crippen LogP contribution in [0.2, 0.25) is 0 Å². The van der Waals surface area contributed by atoms with Gasteiger partial charge in [0.15, 0.2) is 0 Å². The number of nitrogens with one attached hydrogen (secondary N) is 1. The number of anilines is 1. The molecule has 1 heterocycles. The number of likely N-dealkylation sites (tertiary alicyclic amines) is 1. The Bertz CT molecular complexity index is 622. The number of rotatable bonds is 4. The largest absolute Gasteiger partial charge is 0.497 e. The standard InChI is InChI=1S/C17H18N2O3/c1-22-13-6-4-12(5-7-13)18-9-19-16(20)14-10-2-3-11(8-10)15(14)17(19)21/h2-7,10-11,14-15,18H,8-9H2,1H3/t10-,11+,14-,15-/m1/s1. The number of hydrogen-bond donors (Lipinski definition) is 1. The van der Waals surface area contributed by atoms with Crippen molar-refractivity contribution in [3.05, 3.63) is 36.4 Å². The zero-order chi connectivity index (χ0) is 15.3. The van der Waals surface area contributed by atoms with Crippen LogP contribution in [-0.2, 0) is 9.59 Å². The smallest absolute Gasteiger partial charge is 0.235 e. The summed E-state index contributed by atoms with van der Waals surface area (Å²) in [5.41, 5.74) is 0.861. The van der Waals surface area contributed by atoms with Gasteiger partial charge in [0.2, 0.25) is 11.8 Å². The molecule has 1 aliphatic heterocycles. The van der Waals surface area contributed by atoms with Gasteiger partial charge in [0.25, 0.3) is 0 Å². The van der Waals surface area contributed by atoms with Gasteiger partial charge in [0.1, 0.15) is 5.75 Å². The Morgan fingerprint density at radius 2 is 1.68 bits per heavy atom. The summed E-state index contributed by atoms with van der Waals surface area (Å²) in [6.07, 6.45) is 5.18. The molecule has 1 N–H and O–H groups in total. The lowest BCUT2D eigenvalue weighted by molar-refractivity contribution is -0.140. The first-order valence-electron chi connectivity index (χ1n) is 7.60. The van der Waals surface area contributed by atoms with Gasteiger partial charge in [-0.3, -0.25) is 14.5 Å². The first-order valence-corrected chi connectivity index (χ1v) is 7.60. The molecule has 2 bridgehead atoms. The molecule has 2 fully saturated rings. The number of nitrogens with zero attached hydrogens (tertiary/aromatic N) is 1. The number of carbonyl (C=O) groups is 2. The fourth-order valence-corrected chi connectivity index (χ4v) is 4.00. The Kier molecular flexibility index (Phi) is 2.96. The molecule has 0 aromatic heterocycles. The lowest BCUT2D eigenvalue weighted by atomic mass is 9.85. The van der Waals surface area contributed by atoms with Crippen molar-refractivity contribution in [3.8, 4) is 5.75 Å². The van der Waals surface area contributed by atoms with Crippen molar-refractivity contribution >= 4 is 17.5 Å². The van der Waals surface area contributed by atoms with Crippen molar-refractivity contribution in [3.63, 3.8) is 0 Å². The van der Waals surface area contributed by atoms with Gasteiger partial charge in [0, 0.05) is 5.69 Å². The maximum Gasteiger partial charge on any atom is 0.235 e. The molecule has 114 valence electrons. The van der Waals surface area contributed by atoms with E-state index in [4.69, 9.17) is 4.74 Å². The first kappa shape index (κ1) is 13.4. The van der Waals surface area contributed by atoms with Crippen LogP contribution >= 0.6 is 0 Å². The summed E-state index contributed by atoms with van der Waals surface area (Å²) in [5.74, 6) is 1.01. The van der Waals surface area contributed by atoms with Crippen LogP contribution in [0.1, 0.15) is 6.42 Å². The van der Waals surface area contributed by atoms with Gasteiger partial charge in [0.05, 0.1) is 25.6 Å². The molecule has 5 nitrogen and oxygen atoms in total. The van der Waals surface area contributed by atoms with E-state index in [0.29, 0.717) is 0 Å². The van der Waals surface area contributed by atoms with Crippen LogP contribution in [0.3, 0.4) is 0 Å². The Morgan fingerprint density at radius 1 is 1.09 bits per heavy atom. The average molecular weight is 298 g/mol. The average Bonchev–Trinajstić information content (AvgIpc) is 3.21. The molecule has 0 spiro atoms. The van der Waals surface area contributed by atoms with Crippen molar-refractivity contribution in [1.82, 2.24) is 4.90 Å². The Labute approximate surface area is 128 Å².